The van der Waals surface area contributed by atoms with Crippen LogP contribution in [0.5, 0.6) is 0 Å². The molecule has 1 aliphatic heterocycles. The Hall–Kier alpha value is -1.90. The summed E-state index contributed by atoms with van der Waals surface area (Å²) >= 11 is 0. The molecule has 1 saturated carbocycles. The van der Waals surface area contributed by atoms with Gasteiger partial charge in [0.25, 0.3) is 0 Å². The van der Waals surface area contributed by atoms with E-state index in [-0.39, 0.29) is 5.78 Å². The molecule has 1 heterocycles. The first-order valence-electron chi connectivity index (χ1n) is 6.33. The van der Waals surface area contributed by atoms with E-state index in [4.69, 9.17) is 0 Å². The lowest BCUT2D eigenvalue weighted by Gasteiger charge is -2.22. The number of carbonyl (C=O) groups is 1. The van der Waals surface area contributed by atoms with Gasteiger partial charge in [0, 0.05) is 12.1 Å². The number of hydrogen-bond donors (Lipinski definition) is 1. The molecule has 3 heteroatoms. The van der Waals surface area contributed by atoms with Crippen molar-refractivity contribution >= 4 is 22.9 Å². The Morgan fingerprint density at radius 3 is 2.89 bits per heavy atom. The maximum Gasteiger partial charge on any atom is 0.166 e. The lowest BCUT2D eigenvalue weighted by atomic mass is 9.83. The van der Waals surface area contributed by atoms with E-state index in [1.807, 2.05) is 31.2 Å². The van der Waals surface area contributed by atoms with Crippen molar-refractivity contribution < 1.29 is 4.79 Å². The number of carbonyl (C=O) groups excluding carboxylic acids is 1. The summed E-state index contributed by atoms with van der Waals surface area (Å²) in [6.45, 7) is 4.07. The molecule has 0 spiro atoms. The molecule has 0 radical (unpaired) electrons. The topological polar surface area (TPSA) is 41.5 Å². The van der Waals surface area contributed by atoms with E-state index in [1.165, 1.54) is 0 Å². The minimum Gasteiger partial charge on any atom is -0.357 e. The third-order valence-electron chi connectivity index (χ3n) is 3.50. The number of anilines is 1. The van der Waals surface area contributed by atoms with Crippen LogP contribution in [-0.2, 0) is 4.79 Å². The van der Waals surface area contributed by atoms with Crippen LogP contribution < -0.4 is 5.32 Å². The molecule has 1 fully saturated rings. The molecule has 1 aromatic rings. The summed E-state index contributed by atoms with van der Waals surface area (Å²) in [7, 11) is 0. The summed E-state index contributed by atoms with van der Waals surface area (Å²) in [5.41, 5.74) is 4.56. The molecule has 0 saturated heterocycles. The first kappa shape index (κ1) is 11.2. The number of para-hydroxylation sites is 2. The highest BCUT2D eigenvalue weighted by Crippen LogP contribution is 2.34. The Kier molecular flexibility index (Phi) is 2.54. The van der Waals surface area contributed by atoms with Gasteiger partial charge in [-0.1, -0.05) is 19.1 Å². The summed E-state index contributed by atoms with van der Waals surface area (Å²) in [6.07, 6.45) is 1.51. The summed E-state index contributed by atoms with van der Waals surface area (Å²) in [5, 5.41) is 3.31. The van der Waals surface area contributed by atoms with E-state index in [1.54, 1.807) is 0 Å². The molecule has 1 aromatic carbocycles. The molecule has 92 valence electrons. The fourth-order valence-electron chi connectivity index (χ4n) is 2.70. The summed E-state index contributed by atoms with van der Waals surface area (Å²) in [5.74, 6) is 0.600. The minimum atomic E-state index is 0.213. The SMILES string of the molecule is CC1=C2C(=O)CC(C)CC2=Nc2ccccc2N1. The zero-order chi connectivity index (χ0) is 12.7. The third-order valence-corrected chi connectivity index (χ3v) is 3.50. The number of rotatable bonds is 0. The normalized spacial score (nSPS) is 22.7. The molecular weight excluding hydrogens is 224 g/mol. The number of allylic oxidation sites excluding steroid dienone is 2. The predicted octanol–water partition coefficient (Wildman–Crippen LogP) is 3.46. The maximum atomic E-state index is 12.2. The van der Waals surface area contributed by atoms with Crippen LogP contribution in [0.2, 0.25) is 0 Å². The van der Waals surface area contributed by atoms with Gasteiger partial charge in [-0.15, -0.1) is 0 Å². The van der Waals surface area contributed by atoms with Crippen molar-refractivity contribution in [3.05, 3.63) is 35.5 Å². The number of benzene rings is 1. The summed E-state index contributed by atoms with van der Waals surface area (Å²) in [4.78, 5) is 16.9. The van der Waals surface area contributed by atoms with Crippen LogP contribution in [-0.4, -0.2) is 11.5 Å². The van der Waals surface area contributed by atoms with Crippen LogP contribution in [0.15, 0.2) is 40.5 Å². The van der Waals surface area contributed by atoms with Crippen LogP contribution >= 0.6 is 0 Å². The first-order valence-corrected chi connectivity index (χ1v) is 6.33. The van der Waals surface area contributed by atoms with E-state index >= 15 is 0 Å². The van der Waals surface area contributed by atoms with Crippen LogP contribution in [0, 0.1) is 5.92 Å². The second kappa shape index (κ2) is 4.09. The minimum absolute atomic E-state index is 0.213. The number of hydrogen-bond acceptors (Lipinski definition) is 3. The van der Waals surface area contributed by atoms with Gasteiger partial charge < -0.3 is 5.32 Å². The Labute approximate surface area is 107 Å². The van der Waals surface area contributed by atoms with Gasteiger partial charge in [0.05, 0.1) is 22.7 Å². The van der Waals surface area contributed by atoms with E-state index < -0.39 is 0 Å². The van der Waals surface area contributed by atoms with Crippen molar-refractivity contribution in [1.29, 1.82) is 0 Å². The molecule has 1 unspecified atom stereocenters. The van der Waals surface area contributed by atoms with Gasteiger partial charge in [0.1, 0.15) is 0 Å². The van der Waals surface area contributed by atoms with Gasteiger partial charge in [-0.2, -0.15) is 0 Å². The van der Waals surface area contributed by atoms with Crippen molar-refractivity contribution in [3.63, 3.8) is 0 Å². The molecular formula is C15H16N2O. The van der Waals surface area contributed by atoms with Gasteiger partial charge in [0.2, 0.25) is 0 Å². The van der Waals surface area contributed by atoms with E-state index in [0.29, 0.717) is 12.3 Å². The van der Waals surface area contributed by atoms with Gasteiger partial charge in [0.15, 0.2) is 5.78 Å². The quantitative estimate of drug-likeness (QED) is 0.754. The molecule has 3 rings (SSSR count). The van der Waals surface area contributed by atoms with E-state index in [9.17, 15) is 4.79 Å². The monoisotopic (exact) mass is 240 g/mol. The number of nitrogens with zero attached hydrogens (tertiary/aromatic N) is 1. The lowest BCUT2D eigenvalue weighted by Crippen LogP contribution is -2.26. The van der Waals surface area contributed by atoms with Gasteiger partial charge in [-0.05, 0) is 31.4 Å². The summed E-state index contributed by atoms with van der Waals surface area (Å²) < 4.78 is 0. The van der Waals surface area contributed by atoms with Crippen molar-refractivity contribution in [2.24, 2.45) is 10.9 Å². The molecule has 1 atom stereocenters. The smallest absolute Gasteiger partial charge is 0.166 e. The average molecular weight is 240 g/mol. The zero-order valence-corrected chi connectivity index (χ0v) is 10.7. The zero-order valence-electron chi connectivity index (χ0n) is 10.7. The number of ketones is 1. The van der Waals surface area contributed by atoms with Crippen molar-refractivity contribution in [1.82, 2.24) is 0 Å². The van der Waals surface area contributed by atoms with Gasteiger partial charge in [-0.3, -0.25) is 9.79 Å². The average Bonchev–Trinajstić information content (AvgIpc) is 2.43. The molecule has 1 N–H and O–H groups in total. The maximum absolute atomic E-state index is 12.2. The molecule has 3 nitrogen and oxygen atoms in total. The second-order valence-electron chi connectivity index (χ2n) is 5.14. The van der Waals surface area contributed by atoms with Gasteiger partial charge in [-0.25, -0.2) is 0 Å². The highest BCUT2D eigenvalue weighted by atomic mass is 16.1. The van der Waals surface area contributed by atoms with E-state index in [2.05, 4.69) is 17.2 Å². The number of Topliss-reactive ketones (excluding diaryl/α,β-unsaturated/α-hetero) is 1. The predicted molar refractivity (Wildman–Crippen MR) is 73.3 cm³/mol. The fraction of sp³-hybridized carbons (Fsp3) is 0.333. The summed E-state index contributed by atoms with van der Waals surface area (Å²) in [6, 6.07) is 7.92. The van der Waals surface area contributed by atoms with Crippen molar-refractivity contribution in [2.75, 3.05) is 5.32 Å². The molecule has 2 aliphatic rings. The van der Waals surface area contributed by atoms with E-state index in [0.717, 1.165) is 34.8 Å². The largest absolute Gasteiger partial charge is 0.357 e. The van der Waals surface area contributed by atoms with Crippen LogP contribution in [0.4, 0.5) is 11.4 Å². The van der Waals surface area contributed by atoms with Crippen LogP contribution in [0.1, 0.15) is 26.7 Å². The van der Waals surface area contributed by atoms with Gasteiger partial charge >= 0.3 is 0 Å². The van der Waals surface area contributed by atoms with Crippen molar-refractivity contribution in [3.8, 4) is 0 Å². The molecule has 0 bridgehead atoms. The Bertz CT molecular complexity index is 584. The lowest BCUT2D eigenvalue weighted by molar-refractivity contribution is -0.116. The highest BCUT2D eigenvalue weighted by molar-refractivity contribution is 6.25. The van der Waals surface area contributed by atoms with Crippen LogP contribution in [0.25, 0.3) is 0 Å². The number of aliphatic imine (C=N–C) groups is 1. The molecule has 1 aliphatic carbocycles. The first-order chi connectivity index (χ1) is 8.65. The fourth-order valence-corrected chi connectivity index (χ4v) is 2.70. The Balaban J connectivity index is 2.17. The molecule has 0 aromatic heterocycles. The Morgan fingerprint density at radius 1 is 1.28 bits per heavy atom. The second-order valence-corrected chi connectivity index (χ2v) is 5.14. The number of fused-ring (bicyclic) bond motifs is 2. The molecule has 0 amide bonds. The van der Waals surface area contributed by atoms with Crippen LogP contribution in [0.3, 0.4) is 0 Å². The van der Waals surface area contributed by atoms with Crippen molar-refractivity contribution in [2.45, 2.75) is 26.7 Å². The third kappa shape index (κ3) is 1.76. The molecule has 18 heavy (non-hydrogen) atoms. The Morgan fingerprint density at radius 2 is 2.06 bits per heavy atom. The standard InChI is InChI=1S/C15H16N2O/c1-9-7-13-15(14(18)8-9)10(2)16-11-5-3-4-6-12(11)17-13/h3-6,9,16H,7-8H2,1-2H3. The number of nitrogens with one attached hydrogen (secondary N) is 1. The highest BCUT2D eigenvalue weighted by Gasteiger charge is 2.29.